The average Bonchev–Trinajstić information content (AvgIpc) is 3.00. The zero-order chi connectivity index (χ0) is 20.3. The summed E-state index contributed by atoms with van der Waals surface area (Å²) in [5.41, 5.74) is 0.216. The van der Waals surface area contributed by atoms with E-state index in [2.05, 4.69) is 20.8 Å². The maximum Gasteiger partial charge on any atom is 0.303 e. The average molecular weight is 393 g/mol. The molecular weight excluding hydrogens is 352 g/mol. The number of rotatable bonds is 4. The number of aliphatic hydroxyl groups is 2. The van der Waals surface area contributed by atoms with E-state index in [4.69, 9.17) is 5.11 Å². The van der Waals surface area contributed by atoms with Gasteiger partial charge in [-0.3, -0.25) is 4.79 Å². The number of carboxylic acid groups (broad SMARTS) is 1. The van der Waals surface area contributed by atoms with Crippen LogP contribution in [0.5, 0.6) is 0 Å². The van der Waals surface area contributed by atoms with Gasteiger partial charge in [-0.2, -0.15) is 0 Å². The fourth-order valence-electron chi connectivity index (χ4n) is 8.71. The summed E-state index contributed by atoms with van der Waals surface area (Å²) in [5, 5.41) is 30.8. The van der Waals surface area contributed by atoms with E-state index in [0.717, 1.165) is 38.5 Å². The molecule has 4 nitrogen and oxygen atoms in total. The molecule has 0 unspecified atom stereocenters. The van der Waals surface area contributed by atoms with Crippen LogP contribution in [0.3, 0.4) is 0 Å². The Morgan fingerprint density at radius 1 is 1.04 bits per heavy atom. The van der Waals surface area contributed by atoms with Crippen LogP contribution in [0.2, 0.25) is 0 Å². The van der Waals surface area contributed by atoms with Crippen LogP contribution < -0.4 is 0 Å². The molecule has 160 valence electrons. The molecule has 0 amide bonds. The van der Waals surface area contributed by atoms with E-state index in [0.29, 0.717) is 35.5 Å². The van der Waals surface area contributed by atoms with Crippen molar-refractivity contribution in [3.8, 4) is 0 Å². The molecule has 0 saturated heterocycles. The van der Waals surface area contributed by atoms with Crippen molar-refractivity contribution in [1.82, 2.24) is 0 Å². The Morgan fingerprint density at radius 2 is 1.79 bits per heavy atom. The number of hydrogen-bond acceptors (Lipinski definition) is 3. The van der Waals surface area contributed by atoms with Gasteiger partial charge in [0.2, 0.25) is 0 Å². The highest BCUT2D eigenvalue weighted by Gasteiger charge is 2.63. The lowest BCUT2D eigenvalue weighted by Crippen LogP contribution is -2.58. The summed E-state index contributed by atoms with van der Waals surface area (Å²) in [5.74, 6) is 2.55. The quantitative estimate of drug-likeness (QED) is 0.659. The van der Waals surface area contributed by atoms with Crippen LogP contribution in [0, 0.1) is 46.3 Å². The van der Waals surface area contributed by atoms with Gasteiger partial charge in [-0.05, 0) is 104 Å². The van der Waals surface area contributed by atoms with Crippen LogP contribution in [0.25, 0.3) is 0 Å². The van der Waals surface area contributed by atoms with Crippen LogP contribution >= 0.6 is 0 Å². The van der Waals surface area contributed by atoms with Crippen LogP contribution in [0.15, 0.2) is 0 Å². The van der Waals surface area contributed by atoms with Gasteiger partial charge < -0.3 is 15.3 Å². The topological polar surface area (TPSA) is 77.8 Å². The van der Waals surface area contributed by atoms with Gasteiger partial charge in [-0.15, -0.1) is 0 Å². The zero-order valence-electron chi connectivity index (χ0n) is 17.9. The lowest BCUT2D eigenvalue weighted by Gasteiger charge is -2.62. The number of fused-ring (bicyclic) bond motifs is 5. The standard InChI is InChI=1S/C24H40O4/c1-14(4-9-22(27)28)18-7-8-19-17-6-5-15-12-16(25)10-11-23(15,2)20(17)13-21(26)24(18,19)3/h14-21,25-26H,4-13H2,1-3H3,(H,27,28)/t14-,15+,16-,17-,18-,19+,20-,21+,23+,24+/m1/s1. The van der Waals surface area contributed by atoms with E-state index >= 15 is 0 Å². The van der Waals surface area contributed by atoms with Gasteiger partial charge in [0, 0.05) is 6.42 Å². The highest BCUT2D eigenvalue weighted by molar-refractivity contribution is 5.66. The Morgan fingerprint density at radius 3 is 2.50 bits per heavy atom. The third kappa shape index (κ3) is 3.05. The molecule has 4 saturated carbocycles. The van der Waals surface area contributed by atoms with Crippen molar-refractivity contribution < 1.29 is 20.1 Å². The summed E-state index contributed by atoms with van der Waals surface area (Å²) in [6, 6.07) is 0. The van der Waals surface area contributed by atoms with Crippen LogP contribution in [-0.4, -0.2) is 33.5 Å². The smallest absolute Gasteiger partial charge is 0.303 e. The molecule has 0 heterocycles. The predicted octanol–water partition coefficient (Wildman–Crippen LogP) is 4.48. The summed E-state index contributed by atoms with van der Waals surface area (Å²) < 4.78 is 0. The molecule has 10 atom stereocenters. The molecule has 0 spiro atoms. The second kappa shape index (κ2) is 7.27. The Labute approximate surface area is 170 Å². The minimum absolute atomic E-state index is 0.0591. The van der Waals surface area contributed by atoms with Gasteiger partial charge >= 0.3 is 5.97 Å². The molecule has 3 N–H and O–H groups in total. The summed E-state index contributed by atoms with van der Waals surface area (Å²) in [6.07, 6.45) is 9.26. The molecule has 0 bridgehead atoms. The van der Waals surface area contributed by atoms with Gasteiger partial charge in [0.05, 0.1) is 12.2 Å². The monoisotopic (exact) mass is 392 g/mol. The number of carbonyl (C=O) groups is 1. The normalized spacial score (nSPS) is 51.7. The van der Waals surface area contributed by atoms with Crippen molar-refractivity contribution in [2.45, 2.75) is 97.2 Å². The van der Waals surface area contributed by atoms with Crippen LogP contribution in [-0.2, 0) is 4.79 Å². The minimum atomic E-state index is -0.707. The van der Waals surface area contributed by atoms with Gasteiger partial charge in [0.1, 0.15) is 0 Å². The maximum atomic E-state index is 11.5. The lowest BCUT2D eigenvalue weighted by atomic mass is 9.43. The third-order valence-electron chi connectivity index (χ3n) is 10.3. The molecule has 4 fully saturated rings. The molecule has 0 aromatic carbocycles. The summed E-state index contributed by atoms with van der Waals surface area (Å²) in [4.78, 5) is 11.1. The Bertz CT molecular complexity index is 605. The molecule has 0 aromatic rings. The number of aliphatic carboxylic acids is 1. The second-order valence-electron chi connectivity index (χ2n) is 11.3. The maximum absolute atomic E-state index is 11.5. The van der Waals surface area contributed by atoms with E-state index in [-0.39, 0.29) is 29.5 Å². The minimum Gasteiger partial charge on any atom is -0.481 e. The number of aliphatic hydroxyl groups excluding tert-OH is 2. The summed E-state index contributed by atoms with van der Waals surface area (Å²) in [6.45, 7) is 6.99. The molecule has 0 aliphatic heterocycles. The molecule has 4 aliphatic carbocycles. The van der Waals surface area contributed by atoms with Crippen molar-refractivity contribution in [1.29, 1.82) is 0 Å². The molecule has 4 aliphatic rings. The zero-order valence-corrected chi connectivity index (χ0v) is 17.9. The van der Waals surface area contributed by atoms with E-state index < -0.39 is 5.97 Å². The van der Waals surface area contributed by atoms with Crippen LogP contribution in [0.4, 0.5) is 0 Å². The number of hydrogen-bond donors (Lipinski definition) is 3. The highest BCUT2D eigenvalue weighted by Crippen LogP contribution is 2.68. The first-order valence-electron chi connectivity index (χ1n) is 11.8. The molecule has 4 rings (SSSR count). The van der Waals surface area contributed by atoms with E-state index in [1.165, 1.54) is 19.3 Å². The number of carboxylic acids is 1. The SMILES string of the molecule is C[C@H](CCC(=O)O)[C@H]1CC[C@H]2[C@H]3CC[C@H]4C[C@H](O)CC[C@]4(C)[C@@H]3C[C@H](O)[C@@]12C. The van der Waals surface area contributed by atoms with Crippen LogP contribution in [0.1, 0.15) is 85.0 Å². The van der Waals surface area contributed by atoms with E-state index in [9.17, 15) is 15.0 Å². The molecule has 0 aromatic heterocycles. The molecule has 0 radical (unpaired) electrons. The van der Waals surface area contributed by atoms with Crippen molar-refractivity contribution in [2.24, 2.45) is 46.3 Å². The second-order valence-corrected chi connectivity index (χ2v) is 11.3. The largest absolute Gasteiger partial charge is 0.481 e. The Balaban J connectivity index is 1.56. The first kappa shape index (κ1) is 20.7. The Kier molecular flexibility index (Phi) is 5.36. The van der Waals surface area contributed by atoms with Crippen molar-refractivity contribution in [3.63, 3.8) is 0 Å². The lowest BCUT2D eigenvalue weighted by molar-refractivity contribution is -0.175. The third-order valence-corrected chi connectivity index (χ3v) is 10.3. The molecular formula is C24H40O4. The van der Waals surface area contributed by atoms with Crippen molar-refractivity contribution in [3.05, 3.63) is 0 Å². The van der Waals surface area contributed by atoms with Gasteiger partial charge in [0.25, 0.3) is 0 Å². The van der Waals surface area contributed by atoms with E-state index in [1.54, 1.807) is 0 Å². The summed E-state index contributed by atoms with van der Waals surface area (Å²) >= 11 is 0. The fourth-order valence-corrected chi connectivity index (χ4v) is 8.71. The van der Waals surface area contributed by atoms with Gasteiger partial charge in [-0.1, -0.05) is 20.8 Å². The molecule has 4 heteroatoms. The fraction of sp³-hybridized carbons (Fsp3) is 0.958. The molecule has 28 heavy (non-hydrogen) atoms. The predicted molar refractivity (Wildman–Crippen MR) is 109 cm³/mol. The van der Waals surface area contributed by atoms with Crippen molar-refractivity contribution in [2.75, 3.05) is 0 Å². The Hall–Kier alpha value is -0.610. The first-order valence-corrected chi connectivity index (χ1v) is 11.8. The summed E-state index contributed by atoms with van der Waals surface area (Å²) in [7, 11) is 0. The van der Waals surface area contributed by atoms with Gasteiger partial charge in [-0.25, -0.2) is 0 Å². The van der Waals surface area contributed by atoms with E-state index in [1.807, 2.05) is 0 Å². The first-order chi connectivity index (χ1) is 13.2. The highest BCUT2D eigenvalue weighted by atomic mass is 16.4. The van der Waals surface area contributed by atoms with Crippen molar-refractivity contribution >= 4 is 5.97 Å². The van der Waals surface area contributed by atoms with Gasteiger partial charge in [0.15, 0.2) is 0 Å².